The molecule has 0 N–H and O–H groups in total. The summed E-state index contributed by atoms with van der Waals surface area (Å²) >= 11 is -2.29. The number of pyridine rings is 1. The van der Waals surface area contributed by atoms with Crippen LogP contribution in [0.3, 0.4) is 0 Å². The van der Waals surface area contributed by atoms with Crippen LogP contribution in [0, 0.1) is 6.85 Å². The van der Waals surface area contributed by atoms with Crippen molar-refractivity contribution < 1.29 is 5.48 Å². The summed E-state index contributed by atoms with van der Waals surface area (Å²) in [6.45, 7) is -0.176. The van der Waals surface area contributed by atoms with E-state index in [1.807, 2.05) is 49.5 Å². The predicted molar refractivity (Wildman–Crippen MR) is 111 cm³/mol. The second-order valence-electron chi connectivity index (χ2n) is 7.43. The van der Waals surface area contributed by atoms with E-state index in [2.05, 4.69) is 17.3 Å². The van der Waals surface area contributed by atoms with Crippen molar-refractivity contribution in [1.29, 1.82) is 0 Å². The van der Waals surface area contributed by atoms with Gasteiger partial charge in [-0.05, 0) is 0 Å². The standard InChI is InChI=1S/C23H27GeN/c1-17-11-13-20(14-12-17)23-15-21(22(16-25-23)24(3,4)5)18(2)19-9-7-6-8-10-19/h6-16,18H,1-5H3/i1D3,18D. The Bertz CT molecular complexity index is 988. The SMILES string of the molecule is [2H]C([2H])([2H])c1ccc(-c2cc(C([2H])(C)c3ccccc3)[c]([Ge]([CH3])([CH3])[CH3])cn2)cc1. The molecule has 1 unspecified atom stereocenters. The maximum atomic E-state index is 9.23. The molecule has 3 rings (SSSR count). The van der Waals surface area contributed by atoms with E-state index < -0.39 is 26.0 Å². The molecule has 2 aromatic carbocycles. The molecule has 0 bridgehead atoms. The van der Waals surface area contributed by atoms with Crippen LogP contribution in [0.5, 0.6) is 0 Å². The Morgan fingerprint density at radius 3 is 2.28 bits per heavy atom. The normalized spacial score (nSPS) is 17.0. The second-order valence-corrected chi connectivity index (χ2v) is 18.0. The Balaban J connectivity index is 2.15. The fourth-order valence-corrected chi connectivity index (χ4v) is 6.19. The topological polar surface area (TPSA) is 12.9 Å². The van der Waals surface area contributed by atoms with E-state index in [1.54, 1.807) is 24.3 Å². The van der Waals surface area contributed by atoms with Crippen LogP contribution in [0.2, 0.25) is 17.3 Å². The molecular weight excluding hydrogens is 363 g/mol. The number of rotatable bonds is 4. The summed E-state index contributed by atoms with van der Waals surface area (Å²) in [5, 5.41) is 0. The summed E-state index contributed by atoms with van der Waals surface area (Å²) in [6, 6.07) is 18.8. The molecule has 1 heterocycles. The Morgan fingerprint density at radius 2 is 1.68 bits per heavy atom. The molecule has 0 saturated heterocycles. The van der Waals surface area contributed by atoms with Crippen molar-refractivity contribution in [2.75, 3.05) is 0 Å². The molecule has 0 fully saturated rings. The van der Waals surface area contributed by atoms with E-state index in [9.17, 15) is 1.37 Å². The van der Waals surface area contributed by atoms with Crippen LogP contribution in [0.4, 0.5) is 0 Å². The van der Waals surface area contributed by atoms with Gasteiger partial charge in [0.1, 0.15) is 0 Å². The minimum absolute atomic E-state index is 0.317. The molecular formula is C23H27GeN. The van der Waals surface area contributed by atoms with E-state index in [-0.39, 0.29) is 0 Å². The van der Waals surface area contributed by atoms with Crippen molar-refractivity contribution in [2.24, 2.45) is 0 Å². The Kier molecular flexibility index (Phi) is 3.83. The van der Waals surface area contributed by atoms with Crippen molar-refractivity contribution in [3.05, 3.63) is 83.6 Å². The molecule has 0 spiro atoms. The number of hydrogen-bond donors (Lipinski definition) is 0. The quantitative estimate of drug-likeness (QED) is 0.514. The summed E-state index contributed by atoms with van der Waals surface area (Å²) in [7, 11) is 0. The first kappa shape index (κ1) is 13.4. The second kappa shape index (κ2) is 7.17. The molecule has 1 aromatic heterocycles. The van der Waals surface area contributed by atoms with Gasteiger partial charge in [0.25, 0.3) is 0 Å². The van der Waals surface area contributed by atoms with E-state index >= 15 is 0 Å². The van der Waals surface area contributed by atoms with E-state index in [0.717, 1.165) is 22.4 Å². The van der Waals surface area contributed by atoms with Crippen LogP contribution >= 0.6 is 0 Å². The summed E-state index contributed by atoms with van der Waals surface area (Å²) in [5.74, 6) is 6.04. The average Bonchev–Trinajstić information content (AvgIpc) is 2.67. The van der Waals surface area contributed by atoms with E-state index in [4.69, 9.17) is 9.10 Å². The molecule has 0 aliphatic heterocycles. The van der Waals surface area contributed by atoms with Crippen LogP contribution in [-0.2, 0) is 0 Å². The Hall–Kier alpha value is -1.87. The third kappa shape index (κ3) is 4.04. The van der Waals surface area contributed by atoms with Crippen molar-refractivity contribution in [3.63, 3.8) is 0 Å². The fourth-order valence-electron chi connectivity index (χ4n) is 3.01. The van der Waals surface area contributed by atoms with Gasteiger partial charge in [-0.3, -0.25) is 0 Å². The minimum atomic E-state index is -2.29. The number of hydrogen-bond acceptors (Lipinski definition) is 1. The summed E-state index contributed by atoms with van der Waals surface area (Å²) in [6.07, 6.45) is 1.94. The molecule has 0 saturated carbocycles. The van der Waals surface area contributed by atoms with Gasteiger partial charge in [-0.15, -0.1) is 0 Å². The Labute approximate surface area is 160 Å². The average molecular weight is 394 g/mol. The van der Waals surface area contributed by atoms with Gasteiger partial charge < -0.3 is 0 Å². The van der Waals surface area contributed by atoms with Gasteiger partial charge in [-0.2, -0.15) is 0 Å². The number of nitrogens with zero attached hydrogens (tertiary/aromatic N) is 1. The molecule has 0 aliphatic rings. The third-order valence-electron chi connectivity index (χ3n) is 4.50. The van der Waals surface area contributed by atoms with Crippen molar-refractivity contribution in [1.82, 2.24) is 4.98 Å². The van der Waals surface area contributed by atoms with Crippen molar-refractivity contribution >= 4 is 17.7 Å². The number of aryl methyl sites for hydroxylation is 1. The molecule has 2 heteroatoms. The Morgan fingerprint density at radius 1 is 1.00 bits per heavy atom. The van der Waals surface area contributed by atoms with Crippen LogP contribution < -0.4 is 4.40 Å². The first-order valence-corrected chi connectivity index (χ1v) is 15.9. The molecule has 3 aromatic rings. The molecule has 0 aliphatic carbocycles. The third-order valence-corrected chi connectivity index (χ3v) is 8.73. The van der Waals surface area contributed by atoms with Crippen molar-refractivity contribution in [2.45, 2.75) is 36.9 Å². The summed E-state index contributed by atoms with van der Waals surface area (Å²) < 4.78 is 33.1. The summed E-state index contributed by atoms with van der Waals surface area (Å²) in [4.78, 5) is 4.70. The van der Waals surface area contributed by atoms with Gasteiger partial charge in [0, 0.05) is 0 Å². The number of aromatic nitrogens is 1. The number of benzene rings is 2. The molecule has 0 amide bonds. The zero-order valence-corrected chi connectivity index (χ0v) is 17.4. The molecule has 128 valence electrons. The zero-order chi connectivity index (χ0) is 21.4. The van der Waals surface area contributed by atoms with Crippen LogP contribution in [0.1, 0.15) is 35.0 Å². The van der Waals surface area contributed by atoms with Gasteiger partial charge in [-0.25, -0.2) is 0 Å². The molecule has 1 atom stereocenters. The van der Waals surface area contributed by atoms with Gasteiger partial charge in [-0.1, -0.05) is 0 Å². The monoisotopic (exact) mass is 395 g/mol. The van der Waals surface area contributed by atoms with Gasteiger partial charge in [0.05, 0.1) is 0 Å². The zero-order valence-electron chi connectivity index (χ0n) is 19.3. The fraction of sp³-hybridized carbons (Fsp3) is 0.261. The first-order valence-electron chi connectivity index (χ1n) is 10.6. The maximum absolute atomic E-state index is 9.23. The van der Waals surface area contributed by atoms with Gasteiger partial charge in [0.15, 0.2) is 0 Å². The first-order chi connectivity index (χ1) is 13.4. The molecule has 0 radical (unpaired) electrons. The van der Waals surface area contributed by atoms with Gasteiger partial charge in [0.2, 0.25) is 0 Å². The van der Waals surface area contributed by atoms with Gasteiger partial charge >= 0.3 is 160 Å². The molecule has 25 heavy (non-hydrogen) atoms. The van der Waals surface area contributed by atoms with Crippen LogP contribution in [0.15, 0.2) is 66.9 Å². The molecule has 1 nitrogen and oxygen atoms in total. The predicted octanol–water partition coefficient (Wildman–Crippen LogP) is 5.75. The van der Waals surface area contributed by atoms with Crippen LogP contribution in [0.25, 0.3) is 11.3 Å². The van der Waals surface area contributed by atoms with Crippen LogP contribution in [-0.4, -0.2) is 18.3 Å². The summed E-state index contributed by atoms with van der Waals surface area (Å²) in [5.41, 5.74) is 3.87. The van der Waals surface area contributed by atoms with E-state index in [0.29, 0.717) is 5.56 Å². The van der Waals surface area contributed by atoms with Crippen molar-refractivity contribution in [3.8, 4) is 11.3 Å². The van der Waals surface area contributed by atoms with E-state index in [1.165, 1.54) is 4.40 Å².